The second-order valence-corrected chi connectivity index (χ2v) is 5.44. The topological polar surface area (TPSA) is 64.1 Å². The van der Waals surface area contributed by atoms with E-state index in [1.807, 2.05) is 6.92 Å². The summed E-state index contributed by atoms with van der Waals surface area (Å²) in [5.41, 5.74) is 0.612. The van der Waals surface area contributed by atoms with Crippen molar-refractivity contribution in [1.82, 2.24) is 5.32 Å². The molecule has 0 spiro atoms. The number of nitrogens with zero attached hydrogens (tertiary/aromatic N) is 1. The molecule has 0 aliphatic heterocycles. The molecule has 29 heavy (non-hydrogen) atoms. The number of guanidine groups is 1. The number of alkyl halides is 2. The Kier molecular flexibility index (Phi) is 10.4. The summed E-state index contributed by atoms with van der Waals surface area (Å²) in [5.74, 6) is 0.532. The van der Waals surface area contributed by atoms with Gasteiger partial charge >= 0.3 is 6.61 Å². The molecule has 0 unspecified atom stereocenters. The van der Waals surface area contributed by atoms with E-state index < -0.39 is 12.4 Å². The van der Waals surface area contributed by atoms with Gasteiger partial charge in [0.1, 0.15) is 11.6 Å². The summed E-state index contributed by atoms with van der Waals surface area (Å²) in [4.78, 5) is 4.04. The molecule has 2 rings (SSSR count). The fourth-order valence-corrected chi connectivity index (χ4v) is 2.42. The predicted octanol–water partition coefficient (Wildman–Crippen LogP) is 4.64. The van der Waals surface area contributed by atoms with Crippen LogP contribution in [0.2, 0.25) is 0 Å². The summed E-state index contributed by atoms with van der Waals surface area (Å²) in [6.07, 6.45) is 0. The first-order valence-electron chi connectivity index (χ1n) is 8.49. The number of nitrogens with one attached hydrogen (secondary N) is 2. The molecule has 2 N–H and O–H groups in total. The molecule has 160 valence electrons. The van der Waals surface area contributed by atoms with Crippen molar-refractivity contribution < 1.29 is 27.4 Å². The van der Waals surface area contributed by atoms with Gasteiger partial charge in [-0.25, -0.2) is 4.39 Å². The first kappa shape index (κ1) is 24.7. The molecule has 6 nitrogen and oxygen atoms in total. The van der Waals surface area contributed by atoms with Gasteiger partial charge in [0.25, 0.3) is 0 Å². The third kappa shape index (κ3) is 7.18. The number of aliphatic imine (C=N–C) groups is 1. The zero-order valence-electron chi connectivity index (χ0n) is 16.2. The van der Waals surface area contributed by atoms with Crippen molar-refractivity contribution in [2.24, 2.45) is 4.99 Å². The van der Waals surface area contributed by atoms with Crippen molar-refractivity contribution in [3.63, 3.8) is 0 Å². The molecule has 10 heteroatoms. The second-order valence-electron chi connectivity index (χ2n) is 5.44. The van der Waals surface area contributed by atoms with Gasteiger partial charge in [0, 0.05) is 30.9 Å². The average Bonchev–Trinajstić information content (AvgIpc) is 2.67. The quantitative estimate of drug-likeness (QED) is 0.299. The van der Waals surface area contributed by atoms with Crippen LogP contribution < -0.4 is 24.8 Å². The molecule has 0 saturated carbocycles. The lowest BCUT2D eigenvalue weighted by molar-refractivity contribution is -0.0506. The normalized spacial score (nSPS) is 10.9. The molecule has 0 amide bonds. The van der Waals surface area contributed by atoms with E-state index in [0.717, 1.165) is 0 Å². The summed E-state index contributed by atoms with van der Waals surface area (Å²) in [6.45, 7) is -0.790. The lowest BCUT2D eigenvalue weighted by atomic mass is 10.2. The number of hydrogen-bond donors (Lipinski definition) is 2. The van der Waals surface area contributed by atoms with Gasteiger partial charge in [0.2, 0.25) is 0 Å². The van der Waals surface area contributed by atoms with Crippen LogP contribution in [0, 0.1) is 5.82 Å². The Balaban J connectivity index is 0.00000420. The van der Waals surface area contributed by atoms with E-state index >= 15 is 0 Å². The third-order valence-electron chi connectivity index (χ3n) is 3.67. The number of hydrogen-bond acceptors (Lipinski definition) is 4. The number of anilines is 1. The molecular weight excluding hydrogens is 502 g/mol. The fourth-order valence-electron chi connectivity index (χ4n) is 2.42. The Bertz CT molecular complexity index is 823. The van der Waals surface area contributed by atoms with Gasteiger partial charge in [-0.05, 0) is 31.2 Å². The highest BCUT2D eigenvalue weighted by Crippen LogP contribution is 2.30. The highest BCUT2D eigenvalue weighted by molar-refractivity contribution is 14.0. The van der Waals surface area contributed by atoms with Crippen LogP contribution in [0.25, 0.3) is 0 Å². The van der Waals surface area contributed by atoms with E-state index in [1.54, 1.807) is 18.2 Å². The van der Waals surface area contributed by atoms with Crippen molar-refractivity contribution in [2.45, 2.75) is 20.1 Å². The molecule has 2 aromatic carbocycles. The molecule has 0 aliphatic rings. The Morgan fingerprint density at radius 3 is 2.52 bits per heavy atom. The van der Waals surface area contributed by atoms with Crippen molar-refractivity contribution in [3.8, 4) is 17.2 Å². The Hall–Kier alpha value is -2.37. The molecule has 2 aromatic rings. The van der Waals surface area contributed by atoms with Crippen molar-refractivity contribution in [1.29, 1.82) is 0 Å². The van der Waals surface area contributed by atoms with Gasteiger partial charge in [0.15, 0.2) is 17.5 Å². The van der Waals surface area contributed by atoms with Gasteiger partial charge in [-0.2, -0.15) is 8.78 Å². The molecule has 0 heterocycles. The minimum Gasteiger partial charge on any atom is -0.493 e. The number of ether oxygens (including phenoxy) is 3. The zero-order chi connectivity index (χ0) is 20.5. The van der Waals surface area contributed by atoms with Gasteiger partial charge in [-0.3, -0.25) is 4.99 Å². The number of methoxy groups -OCH3 is 1. The molecule has 0 radical (unpaired) electrons. The Morgan fingerprint density at radius 2 is 1.90 bits per heavy atom. The average molecular weight is 525 g/mol. The molecule has 0 aliphatic carbocycles. The Labute approximate surface area is 184 Å². The lowest BCUT2D eigenvalue weighted by Gasteiger charge is -2.16. The largest absolute Gasteiger partial charge is 0.493 e. The second kappa shape index (κ2) is 12.2. The van der Waals surface area contributed by atoms with Crippen LogP contribution in [-0.2, 0) is 6.54 Å². The highest BCUT2D eigenvalue weighted by Gasteiger charge is 2.14. The minimum absolute atomic E-state index is 0. The Morgan fingerprint density at radius 1 is 1.14 bits per heavy atom. The summed E-state index contributed by atoms with van der Waals surface area (Å²) < 4.78 is 54.2. The van der Waals surface area contributed by atoms with E-state index in [1.165, 1.54) is 32.4 Å². The lowest BCUT2D eigenvalue weighted by Crippen LogP contribution is -2.30. The maximum Gasteiger partial charge on any atom is 0.387 e. The predicted molar refractivity (Wildman–Crippen MR) is 116 cm³/mol. The molecular formula is C19H23F3IN3O3. The van der Waals surface area contributed by atoms with Crippen molar-refractivity contribution in [2.75, 3.05) is 26.1 Å². The summed E-state index contributed by atoms with van der Waals surface area (Å²) >= 11 is 0. The summed E-state index contributed by atoms with van der Waals surface area (Å²) in [7, 11) is 3.05. The van der Waals surface area contributed by atoms with E-state index in [4.69, 9.17) is 9.47 Å². The molecule has 0 atom stereocenters. The van der Waals surface area contributed by atoms with Crippen molar-refractivity contribution in [3.05, 3.63) is 47.8 Å². The fraction of sp³-hybridized carbons (Fsp3) is 0.316. The minimum atomic E-state index is -3.05. The zero-order valence-corrected chi connectivity index (χ0v) is 18.5. The van der Waals surface area contributed by atoms with Gasteiger partial charge in [-0.15, -0.1) is 24.0 Å². The van der Waals surface area contributed by atoms with Crippen LogP contribution in [0.5, 0.6) is 17.2 Å². The first-order valence-corrected chi connectivity index (χ1v) is 8.49. The summed E-state index contributed by atoms with van der Waals surface area (Å²) in [5, 5.41) is 5.88. The van der Waals surface area contributed by atoms with Crippen LogP contribution in [0.15, 0.2) is 41.4 Å². The van der Waals surface area contributed by atoms with E-state index in [9.17, 15) is 13.2 Å². The molecule has 0 aromatic heterocycles. The van der Waals surface area contributed by atoms with Crippen LogP contribution in [0.4, 0.5) is 18.9 Å². The number of halogens is 4. The molecule has 0 saturated heterocycles. The van der Waals surface area contributed by atoms with Crippen molar-refractivity contribution >= 4 is 35.6 Å². The van der Waals surface area contributed by atoms with Gasteiger partial charge in [-0.1, -0.05) is 6.07 Å². The molecule has 0 bridgehead atoms. The van der Waals surface area contributed by atoms with E-state index in [2.05, 4.69) is 20.4 Å². The van der Waals surface area contributed by atoms with Gasteiger partial charge < -0.3 is 24.8 Å². The number of benzene rings is 2. The van der Waals surface area contributed by atoms with Crippen LogP contribution >= 0.6 is 24.0 Å². The van der Waals surface area contributed by atoms with Crippen LogP contribution in [0.3, 0.4) is 0 Å². The standard InChI is InChI=1S/C19H22F3N3O3.HI/c1-4-27-16-9-8-12(10-17(16)26-3)25-19(23-2)24-11-13-14(20)6-5-7-15(13)28-18(21)22;/h5-10,18H,4,11H2,1-3H3,(H2,23,24,25);1H. The maximum atomic E-state index is 14.0. The third-order valence-corrected chi connectivity index (χ3v) is 3.67. The van der Waals surface area contributed by atoms with Crippen LogP contribution in [0.1, 0.15) is 12.5 Å². The highest BCUT2D eigenvalue weighted by atomic mass is 127. The van der Waals surface area contributed by atoms with Crippen LogP contribution in [-0.4, -0.2) is 33.3 Å². The number of rotatable bonds is 8. The first-order chi connectivity index (χ1) is 13.5. The smallest absolute Gasteiger partial charge is 0.387 e. The summed E-state index contributed by atoms with van der Waals surface area (Å²) in [6, 6.07) is 8.96. The SMILES string of the molecule is CCOc1ccc(NC(=NC)NCc2c(F)cccc2OC(F)F)cc1OC.I. The molecule has 0 fully saturated rings. The monoisotopic (exact) mass is 525 g/mol. The van der Waals surface area contributed by atoms with E-state index in [0.29, 0.717) is 29.8 Å². The maximum absolute atomic E-state index is 14.0. The van der Waals surface area contributed by atoms with E-state index in [-0.39, 0.29) is 41.8 Å². The van der Waals surface area contributed by atoms with Gasteiger partial charge in [0.05, 0.1) is 13.7 Å².